The number of carbonyl (C=O) groups is 1. The Morgan fingerprint density at radius 2 is 2.17 bits per heavy atom. The van der Waals surface area contributed by atoms with Crippen molar-refractivity contribution in [1.82, 2.24) is 10.2 Å². The summed E-state index contributed by atoms with van der Waals surface area (Å²) in [5.41, 5.74) is -0.512. The summed E-state index contributed by atoms with van der Waals surface area (Å²) >= 11 is 0. The number of rotatable bonds is 6. The fourth-order valence-corrected chi connectivity index (χ4v) is 2.75. The van der Waals surface area contributed by atoms with Crippen LogP contribution in [0.5, 0.6) is 0 Å². The van der Waals surface area contributed by atoms with Crippen molar-refractivity contribution in [1.29, 1.82) is 0 Å². The Bertz CT molecular complexity index is 304. The Balaban J connectivity index is 1.86. The van der Waals surface area contributed by atoms with Crippen molar-refractivity contribution >= 4 is 5.97 Å². The summed E-state index contributed by atoms with van der Waals surface area (Å²) in [7, 11) is 1.48. The number of methoxy groups -OCH3 is 1. The molecule has 1 heterocycles. The molecule has 1 saturated carbocycles. The Labute approximate surface area is 110 Å². The minimum absolute atomic E-state index is 0.123. The third-order valence-electron chi connectivity index (χ3n) is 4.17. The molecule has 104 valence electrons. The molecule has 0 spiro atoms. The van der Waals surface area contributed by atoms with Crippen LogP contribution in [0.4, 0.5) is 0 Å². The smallest absolute Gasteiger partial charge is 0.325 e. The van der Waals surface area contributed by atoms with Crippen LogP contribution in [-0.4, -0.2) is 49.2 Å². The predicted molar refractivity (Wildman–Crippen MR) is 71.4 cm³/mol. The Kier molecular flexibility index (Phi) is 4.28. The van der Waals surface area contributed by atoms with E-state index in [-0.39, 0.29) is 5.97 Å². The van der Waals surface area contributed by atoms with E-state index in [1.807, 2.05) is 6.92 Å². The highest BCUT2D eigenvalue weighted by atomic mass is 16.5. The highest BCUT2D eigenvalue weighted by Gasteiger charge is 2.39. The molecule has 2 unspecified atom stereocenters. The van der Waals surface area contributed by atoms with E-state index < -0.39 is 5.54 Å². The van der Waals surface area contributed by atoms with Crippen LogP contribution in [0.25, 0.3) is 0 Å². The second-order valence-electron chi connectivity index (χ2n) is 6.19. The fourth-order valence-electron chi connectivity index (χ4n) is 2.75. The van der Waals surface area contributed by atoms with Crippen molar-refractivity contribution in [3.8, 4) is 0 Å². The molecule has 4 nitrogen and oxygen atoms in total. The van der Waals surface area contributed by atoms with Crippen LogP contribution in [0, 0.1) is 5.92 Å². The lowest BCUT2D eigenvalue weighted by atomic mass is 9.97. The average Bonchev–Trinajstić information content (AvgIpc) is 3.06. The molecule has 2 atom stereocenters. The van der Waals surface area contributed by atoms with E-state index in [0.29, 0.717) is 6.04 Å². The second kappa shape index (κ2) is 5.57. The van der Waals surface area contributed by atoms with Crippen LogP contribution in [0.2, 0.25) is 0 Å². The molecule has 4 heteroatoms. The number of carbonyl (C=O) groups excluding carboxylic acids is 1. The van der Waals surface area contributed by atoms with Gasteiger partial charge in [-0.05, 0) is 45.1 Å². The first-order valence-corrected chi connectivity index (χ1v) is 7.12. The van der Waals surface area contributed by atoms with E-state index in [9.17, 15) is 4.79 Å². The molecule has 1 aliphatic carbocycles. The normalized spacial score (nSPS) is 28.1. The van der Waals surface area contributed by atoms with Gasteiger partial charge < -0.3 is 9.64 Å². The molecule has 2 aliphatic rings. The van der Waals surface area contributed by atoms with Gasteiger partial charge in [0, 0.05) is 19.1 Å². The quantitative estimate of drug-likeness (QED) is 0.728. The number of nitrogens with zero attached hydrogens (tertiary/aromatic N) is 1. The molecular weight excluding hydrogens is 228 g/mol. The summed E-state index contributed by atoms with van der Waals surface area (Å²) in [5.74, 6) is 0.674. The summed E-state index contributed by atoms with van der Waals surface area (Å²) in [4.78, 5) is 14.4. The Morgan fingerprint density at radius 3 is 2.67 bits per heavy atom. The largest absolute Gasteiger partial charge is 0.468 e. The molecule has 0 amide bonds. The molecule has 2 rings (SSSR count). The summed E-state index contributed by atoms with van der Waals surface area (Å²) in [6.07, 6.45) is 4.49. The Hall–Kier alpha value is -0.610. The minimum atomic E-state index is -0.512. The van der Waals surface area contributed by atoms with E-state index in [0.717, 1.165) is 18.9 Å². The zero-order chi connectivity index (χ0) is 13.2. The molecular formula is C14H26N2O2. The van der Waals surface area contributed by atoms with Crippen LogP contribution in [0.3, 0.4) is 0 Å². The summed E-state index contributed by atoms with van der Waals surface area (Å²) in [5, 5.41) is 3.45. The predicted octanol–water partition coefficient (Wildman–Crippen LogP) is 1.40. The van der Waals surface area contributed by atoms with Gasteiger partial charge in [0.25, 0.3) is 0 Å². The van der Waals surface area contributed by atoms with Gasteiger partial charge in [0.1, 0.15) is 5.54 Å². The summed E-state index contributed by atoms with van der Waals surface area (Å²) in [6, 6.07) is 0.520. The minimum Gasteiger partial charge on any atom is -0.468 e. The molecule has 1 aliphatic heterocycles. The van der Waals surface area contributed by atoms with Gasteiger partial charge in [-0.25, -0.2) is 0 Å². The van der Waals surface area contributed by atoms with Gasteiger partial charge in [-0.2, -0.15) is 0 Å². The number of nitrogens with one attached hydrogen (secondary N) is 1. The van der Waals surface area contributed by atoms with Crippen LogP contribution < -0.4 is 5.32 Å². The highest BCUT2D eigenvalue weighted by molar-refractivity contribution is 5.80. The average molecular weight is 254 g/mol. The van der Waals surface area contributed by atoms with Gasteiger partial charge in [-0.3, -0.25) is 10.1 Å². The zero-order valence-corrected chi connectivity index (χ0v) is 11.9. The molecule has 1 saturated heterocycles. The van der Waals surface area contributed by atoms with Gasteiger partial charge in [-0.15, -0.1) is 0 Å². The monoisotopic (exact) mass is 254 g/mol. The van der Waals surface area contributed by atoms with Crippen LogP contribution in [0.15, 0.2) is 0 Å². The first-order valence-electron chi connectivity index (χ1n) is 7.12. The van der Waals surface area contributed by atoms with Gasteiger partial charge in [0.05, 0.1) is 7.11 Å². The molecule has 0 aromatic carbocycles. The molecule has 2 fully saturated rings. The maximum atomic E-state index is 12.0. The molecule has 0 aromatic heterocycles. The maximum absolute atomic E-state index is 12.0. The molecule has 0 aromatic rings. The van der Waals surface area contributed by atoms with Crippen molar-refractivity contribution in [2.45, 2.75) is 51.1 Å². The summed E-state index contributed by atoms with van der Waals surface area (Å²) < 4.78 is 4.96. The van der Waals surface area contributed by atoms with Gasteiger partial charge in [0.15, 0.2) is 0 Å². The number of likely N-dealkylation sites (tertiary alicyclic amines) is 1. The van der Waals surface area contributed by atoms with Crippen LogP contribution in [-0.2, 0) is 9.53 Å². The molecule has 18 heavy (non-hydrogen) atoms. The lowest BCUT2D eigenvalue weighted by Gasteiger charge is -2.30. The molecule has 0 bridgehead atoms. The van der Waals surface area contributed by atoms with E-state index in [1.165, 1.54) is 39.5 Å². The van der Waals surface area contributed by atoms with Gasteiger partial charge >= 0.3 is 5.97 Å². The number of esters is 1. The topological polar surface area (TPSA) is 41.6 Å². The van der Waals surface area contributed by atoms with E-state index in [1.54, 1.807) is 0 Å². The van der Waals surface area contributed by atoms with Crippen molar-refractivity contribution in [2.75, 3.05) is 26.7 Å². The van der Waals surface area contributed by atoms with E-state index >= 15 is 0 Å². The first kappa shape index (κ1) is 13.8. The SMILES string of the molecule is COC(=O)C(C)(CCN1CCC(C)C1)NC1CC1. The van der Waals surface area contributed by atoms with Crippen molar-refractivity contribution in [3.63, 3.8) is 0 Å². The lowest BCUT2D eigenvalue weighted by Crippen LogP contribution is -2.52. The van der Waals surface area contributed by atoms with Crippen molar-refractivity contribution in [3.05, 3.63) is 0 Å². The first-order chi connectivity index (χ1) is 8.53. The number of ether oxygens (including phenoxy) is 1. The zero-order valence-electron chi connectivity index (χ0n) is 11.9. The fraction of sp³-hybridized carbons (Fsp3) is 0.929. The second-order valence-corrected chi connectivity index (χ2v) is 6.19. The number of hydrogen-bond acceptors (Lipinski definition) is 4. The van der Waals surface area contributed by atoms with Gasteiger partial charge in [-0.1, -0.05) is 6.92 Å². The highest BCUT2D eigenvalue weighted by Crippen LogP contribution is 2.26. The van der Waals surface area contributed by atoms with Crippen molar-refractivity contribution in [2.24, 2.45) is 5.92 Å². The number of hydrogen-bond donors (Lipinski definition) is 1. The maximum Gasteiger partial charge on any atom is 0.325 e. The third-order valence-corrected chi connectivity index (χ3v) is 4.17. The third kappa shape index (κ3) is 3.45. The molecule has 1 N–H and O–H groups in total. The van der Waals surface area contributed by atoms with Crippen molar-refractivity contribution < 1.29 is 9.53 Å². The van der Waals surface area contributed by atoms with Crippen LogP contribution in [0.1, 0.15) is 39.5 Å². The van der Waals surface area contributed by atoms with Crippen LogP contribution >= 0.6 is 0 Å². The Morgan fingerprint density at radius 1 is 1.44 bits per heavy atom. The van der Waals surface area contributed by atoms with E-state index in [4.69, 9.17) is 4.74 Å². The van der Waals surface area contributed by atoms with Gasteiger partial charge in [0.2, 0.25) is 0 Å². The van der Waals surface area contributed by atoms with E-state index in [2.05, 4.69) is 17.1 Å². The summed E-state index contributed by atoms with van der Waals surface area (Å²) in [6.45, 7) is 7.59. The molecule has 0 radical (unpaired) electrons. The lowest BCUT2D eigenvalue weighted by molar-refractivity contribution is -0.148. The standard InChI is InChI=1S/C14H26N2O2/c1-11-6-8-16(10-11)9-7-14(2,13(17)18-3)15-12-4-5-12/h11-12,15H,4-10H2,1-3H3.